The van der Waals surface area contributed by atoms with Crippen LogP contribution in [0.5, 0.6) is 0 Å². The monoisotopic (exact) mass is 473 g/mol. The topological polar surface area (TPSA) is 54.2 Å². The Morgan fingerprint density at radius 3 is 3.00 bits per heavy atom. The van der Waals surface area contributed by atoms with E-state index in [4.69, 9.17) is 5.10 Å². The van der Waals surface area contributed by atoms with Gasteiger partial charge in [-0.05, 0) is 61.1 Å². The van der Waals surface area contributed by atoms with Crippen LogP contribution in [0.3, 0.4) is 0 Å². The average Bonchev–Trinajstić information content (AvgIpc) is 3.22. The Morgan fingerprint density at radius 1 is 1.48 bits per heavy atom. The molecule has 138 valence electrons. The molecule has 0 bridgehead atoms. The number of rotatable bonds is 5. The highest BCUT2D eigenvalue weighted by Gasteiger charge is 2.22. The maximum atomic E-state index is 4.75. The number of guanidine groups is 1. The maximum Gasteiger partial charge on any atom is 0.191 e. The Labute approximate surface area is 171 Å². The summed E-state index contributed by atoms with van der Waals surface area (Å²) in [6, 6.07) is 3.00. The minimum absolute atomic E-state index is 0. The molecule has 0 saturated heterocycles. The Morgan fingerprint density at radius 2 is 2.32 bits per heavy atom. The largest absolute Gasteiger partial charge is 0.356 e. The zero-order valence-electron chi connectivity index (χ0n) is 15.2. The van der Waals surface area contributed by atoms with E-state index in [2.05, 4.69) is 57.2 Å². The zero-order chi connectivity index (χ0) is 16.9. The summed E-state index contributed by atoms with van der Waals surface area (Å²) in [6.45, 7) is 5.25. The summed E-state index contributed by atoms with van der Waals surface area (Å²) in [5, 5.41) is 16.0. The van der Waals surface area contributed by atoms with Gasteiger partial charge in [-0.15, -0.1) is 24.0 Å². The van der Waals surface area contributed by atoms with Crippen molar-refractivity contribution in [3.8, 4) is 0 Å². The normalized spacial score (nSPS) is 17.1. The van der Waals surface area contributed by atoms with Gasteiger partial charge in [0.15, 0.2) is 5.96 Å². The highest BCUT2D eigenvalue weighted by atomic mass is 127. The summed E-state index contributed by atoms with van der Waals surface area (Å²) >= 11 is 1.75. The minimum Gasteiger partial charge on any atom is -0.356 e. The molecular formula is C18H28IN5S. The third-order valence-electron chi connectivity index (χ3n) is 4.48. The molecule has 3 rings (SSSR count). The molecule has 0 radical (unpaired) electrons. The van der Waals surface area contributed by atoms with Gasteiger partial charge in [-0.3, -0.25) is 9.67 Å². The van der Waals surface area contributed by atoms with Gasteiger partial charge in [0.25, 0.3) is 0 Å². The van der Waals surface area contributed by atoms with E-state index in [1.54, 1.807) is 11.3 Å². The summed E-state index contributed by atoms with van der Waals surface area (Å²) < 4.78 is 2.08. The Bertz CT molecular complexity index is 678. The van der Waals surface area contributed by atoms with Gasteiger partial charge < -0.3 is 10.6 Å². The molecule has 2 aromatic heterocycles. The van der Waals surface area contributed by atoms with Crippen molar-refractivity contribution in [2.24, 2.45) is 4.99 Å². The summed E-state index contributed by atoms with van der Waals surface area (Å²) in [5.74, 6) is 0.891. The number of fused-ring (bicyclic) bond motifs is 1. The minimum atomic E-state index is 0. The summed E-state index contributed by atoms with van der Waals surface area (Å²) in [6.07, 6.45) is 6.43. The lowest BCUT2D eigenvalue weighted by atomic mass is 9.94. The van der Waals surface area contributed by atoms with Crippen LogP contribution in [0.25, 0.3) is 0 Å². The van der Waals surface area contributed by atoms with E-state index in [9.17, 15) is 0 Å². The number of nitrogens with one attached hydrogen (secondary N) is 2. The van der Waals surface area contributed by atoms with E-state index >= 15 is 0 Å². The van der Waals surface area contributed by atoms with Crippen molar-refractivity contribution in [2.75, 3.05) is 13.6 Å². The SMILES string of the molecule is CN=C(NCCc1ccsc1)NC1CCc2cn(C(C)C)nc2C1.I. The van der Waals surface area contributed by atoms with Gasteiger partial charge in [-0.2, -0.15) is 16.4 Å². The van der Waals surface area contributed by atoms with E-state index in [0.717, 1.165) is 38.2 Å². The third kappa shape index (κ3) is 5.44. The molecule has 0 aromatic carbocycles. The van der Waals surface area contributed by atoms with Gasteiger partial charge in [-0.25, -0.2) is 0 Å². The first-order valence-electron chi connectivity index (χ1n) is 8.71. The highest BCUT2D eigenvalue weighted by molar-refractivity contribution is 14.0. The van der Waals surface area contributed by atoms with Crippen molar-refractivity contribution in [1.82, 2.24) is 20.4 Å². The van der Waals surface area contributed by atoms with Crippen LogP contribution in [0, 0.1) is 0 Å². The van der Waals surface area contributed by atoms with Crippen LogP contribution in [-0.2, 0) is 19.3 Å². The van der Waals surface area contributed by atoms with Crippen LogP contribution in [0.1, 0.15) is 43.1 Å². The molecule has 25 heavy (non-hydrogen) atoms. The number of hydrogen-bond acceptors (Lipinski definition) is 3. The van der Waals surface area contributed by atoms with Crippen molar-refractivity contribution in [2.45, 2.75) is 51.6 Å². The number of thiophene rings is 1. The number of halogens is 1. The second kappa shape index (κ2) is 9.56. The van der Waals surface area contributed by atoms with Gasteiger partial charge in [0, 0.05) is 38.3 Å². The van der Waals surface area contributed by atoms with Crippen molar-refractivity contribution < 1.29 is 0 Å². The second-order valence-electron chi connectivity index (χ2n) is 6.64. The second-order valence-corrected chi connectivity index (χ2v) is 7.42. The number of aryl methyl sites for hydroxylation is 1. The predicted molar refractivity (Wildman–Crippen MR) is 116 cm³/mol. The van der Waals surface area contributed by atoms with Crippen molar-refractivity contribution in [3.05, 3.63) is 39.8 Å². The molecule has 1 atom stereocenters. The number of aliphatic imine (C=N–C) groups is 1. The van der Waals surface area contributed by atoms with Gasteiger partial charge in [0.05, 0.1) is 5.69 Å². The van der Waals surface area contributed by atoms with Crippen molar-refractivity contribution >= 4 is 41.3 Å². The molecule has 2 aromatic rings. The van der Waals surface area contributed by atoms with Gasteiger partial charge in [0.2, 0.25) is 0 Å². The highest BCUT2D eigenvalue weighted by Crippen LogP contribution is 2.21. The molecule has 1 aliphatic rings. The Hall–Kier alpha value is -1.09. The number of nitrogens with zero attached hydrogens (tertiary/aromatic N) is 3. The Balaban J connectivity index is 0.00000225. The Kier molecular flexibility index (Phi) is 7.74. The van der Waals surface area contributed by atoms with E-state index in [1.807, 2.05) is 7.05 Å². The van der Waals surface area contributed by atoms with Crippen LogP contribution in [0.15, 0.2) is 28.0 Å². The van der Waals surface area contributed by atoms with E-state index in [0.29, 0.717) is 12.1 Å². The molecular weight excluding hydrogens is 445 g/mol. The molecule has 0 aliphatic heterocycles. The lowest BCUT2D eigenvalue weighted by Gasteiger charge is -2.24. The predicted octanol–water partition coefficient (Wildman–Crippen LogP) is 3.41. The molecule has 1 unspecified atom stereocenters. The summed E-state index contributed by atoms with van der Waals surface area (Å²) in [7, 11) is 1.83. The summed E-state index contributed by atoms with van der Waals surface area (Å²) in [5.41, 5.74) is 4.02. The molecule has 0 saturated carbocycles. The van der Waals surface area contributed by atoms with Crippen LogP contribution in [-0.4, -0.2) is 35.4 Å². The molecule has 0 fully saturated rings. The molecule has 0 amide bonds. The fraction of sp³-hybridized carbons (Fsp3) is 0.556. The van der Waals surface area contributed by atoms with Crippen LogP contribution < -0.4 is 10.6 Å². The van der Waals surface area contributed by atoms with Crippen LogP contribution >= 0.6 is 35.3 Å². The first kappa shape index (κ1) is 20.2. The molecule has 5 nitrogen and oxygen atoms in total. The molecule has 7 heteroatoms. The number of aromatic nitrogens is 2. The molecule has 1 aliphatic carbocycles. The third-order valence-corrected chi connectivity index (χ3v) is 5.21. The van der Waals surface area contributed by atoms with Crippen LogP contribution in [0.4, 0.5) is 0 Å². The lowest BCUT2D eigenvalue weighted by molar-refractivity contribution is 0.499. The van der Waals surface area contributed by atoms with Crippen molar-refractivity contribution in [1.29, 1.82) is 0 Å². The average molecular weight is 473 g/mol. The fourth-order valence-corrected chi connectivity index (χ4v) is 3.75. The van der Waals surface area contributed by atoms with E-state index < -0.39 is 0 Å². The lowest BCUT2D eigenvalue weighted by Crippen LogP contribution is -2.46. The first-order chi connectivity index (χ1) is 11.7. The quantitative estimate of drug-likeness (QED) is 0.398. The molecule has 2 heterocycles. The summed E-state index contributed by atoms with van der Waals surface area (Å²) in [4.78, 5) is 4.36. The van der Waals surface area contributed by atoms with Gasteiger partial charge in [0.1, 0.15) is 0 Å². The standard InChI is InChI=1S/C18H27N5S.HI/c1-13(2)23-11-15-4-5-16(10-17(15)22-23)21-18(19-3)20-8-6-14-7-9-24-12-14;/h7,9,11-13,16H,4-6,8,10H2,1-3H3,(H2,19,20,21);1H. The van der Waals surface area contributed by atoms with Gasteiger partial charge >= 0.3 is 0 Å². The zero-order valence-corrected chi connectivity index (χ0v) is 18.3. The molecule has 2 N–H and O–H groups in total. The van der Waals surface area contributed by atoms with E-state index in [1.165, 1.54) is 16.8 Å². The van der Waals surface area contributed by atoms with E-state index in [-0.39, 0.29) is 24.0 Å². The smallest absolute Gasteiger partial charge is 0.191 e. The molecule has 0 spiro atoms. The number of hydrogen-bond donors (Lipinski definition) is 2. The fourth-order valence-electron chi connectivity index (χ4n) is 3.05. The first-order valence-corrected chi connectivity index (χ1v) is 9.65. The van der Waals surface area contributed by atoms with Gasteiger partial charge in [-0.1, -0.05) is 0 Å². The maximum absolute atomic E-state index is 4.75. The van der Waals surface area contributed by atoms with Crippen LogP contribution in [0.2, 0.25) is 0 Å². The van der Waals surface area contributed by atoms with Crippen molar-refractivity contribution in [3.63, 3.8) is 0 Å².